The second-order valence-corrected chi connectivity index (χ2v) is 5.09. The van der Waals surface area contributed by atoms with Crippen molar-refractivity contribution in [3.05, 3.63) is 35.4 Å². The molecule has 3 nitrogen and oxygen atoms in total. The largest absolute Gasteiger partial charge is 0.355 e. The summed E-state index contributed by atoms with van der Waals surface area (Å²) in [5, 5.41) is 6.58. The van der Waals surface area contributed by atoms with E-state index in [9.17, 15) is 0 Å². The number of hydrogen-bond donors (Lipinski definition) is 2. The maximum atomic E-state index is 4.82. The average molecular weight is 229 g/mol. The molecule has 2 unspecified atom stereocenters. The third-order valence-corrected chi connectivity index (χ3v) is 3.60. The molecule has 0 bridgehead atoms. The van der Waals surface area contributed by atoms with Crippen LogP contribution in [0.15, 0.2) is 29.3 Å². The van der Waals surface area contributed by atoms with Gasteiger partial charge in [0.1, 0.15) is 0 Å². The third kappa shape index (κ3) is 2.14. The molecule has 2 aliphatic rings. The molecule has 17 heavy (non-hydrogen) atoms. The van der Waals surface area contributed by atoms with E-state index in [0.29, 0.717) is 6.04 Å². The van der Waals surface area contributed by atoms with Gasteiger partial charge in [-0.15, -0.1) is 0 Å². The summed E-state index contributed by atoms with van der Waals surface area (Å²) in [4.78, 5) is 4.82. The second kappa shape index (κ2) is 4.40. The summed E-state index contributed by atoms with van der Waals surface area (Å²) in [5.41, 5.74) is 2.88. The monoisotopic (exact) mass is 229 g/mol. The van der Waals surface area contributed by atoms with E-state index in [1.807, 2.05) is 0 Å². The topological polar surface area (TPSA) is 36.4 Å². The first-order chi connectivity index (χ1) is 8.33. The van der Waals surface area contributed by atoms with Crippen LogP contribution in [0.25, 0.3) is 0 Å². The van der Waals surface area contributed by atoms with Gasteiger partial charge in [0.25, 0.3) is 0 Å². The predicted octanol–water partition coefficient (Wildman–Crippen LogP) is 1.86. The number of fused-ring (bicyclic) bond motifs is 1. The number of hydrogen-bond acceptors (Lipinski definition) is 1. The van der Waals surface area contributed by atoms with Gasteiger partial charge >= 0.3 is 0 Å². The van der Waals surface area contributed by atoms with Gasteiger partial charge in [-0.2, -0.15) is 0 Å². The van der Waals surface area contributed by atoms with Gasteiger partial charge in [0.15, 0.2) is 5.96 Å². The fraction of sp³-hybridized carbons (Fsp3) is 0.500. The van der Waals surface area contributed by atoms with Crippen molar-refractivity contribution in [3.63, 3.8) is 0 Å². The highest BCUT2D eigenvalue weighted by Gasteiger charge is 2.24. The van der Waals surface area contributed by atoms with E-state index in [4.69, 9.17) is 4.99 Å². The van der Waals surface area contributed by atoms with Crippen molar-refractivity contribution in [1.29, 1.82) is 0 Å². The Labute approximate surface area is 102 Å². The summed E-state index contributed by atoms with van der Waals surface area (Å²) < 4.78 is 0. The fourth-order valence-electron chi connectivity index (χ4n) is 2.81. The molecule has 3 rings (SSSR count). The molecular formula is C14H19N3. The van der Waals surface area contributed by atoms with Crippen LogP contribution in [0, 0.1) is 5.92 Å². The summed E-state index contributed by atoms with van der Waals surface area (Å²) in [6.07, 6.45) is 2.35. The number of nitrogens with zero attached hydrogens (tertiary/aromatic N) is 1. The minimum atomic E-state index is 0.322. The minimum Gasteiger partial charge on any atom is -0.355 e. The van der Waals surface area contributed by atoms with Crippen molar-refractivity contribution in [1.82, 2.24) is 10.6 Å². The molecule has 0 saturated carbocycles. The molecule has 2 N–H and O–H groups in total. The van der Waals surface area contributed by atoms with Crippen LogP contribution in [0.3, 0.4) is 0 Å². The van der Waals surface area contributed by atoms with E-state index in [1.165, 1.54) is 17.5 Å². The Morgan fingerprint density at radius 3 is 2.76 bits per heavy atom. The van der Waals surface area contributed by atoms with Gasteiger partial charge in [-0.05, 0) is 29.9 Å². The molecule has 1 aromatic carbocycles. The molecule has 1 saturated heterocycles. The molecule has 0 amide bonds. The Morgan fingerprint density at radius 1 is 1.18 bits per heavy atom. The molecular weight excluding hydrogens is 210 g/mol. The number of rotatable bonds is 1. The molecule has 1 aliphatic heterocycles. The van der Waals surface area contributed by atoms with Crippen molar-refractivity contribution < 1.29 is 0 Å². The number of nitrogens with one attached hydrogen (secondary N) is 2. The van der Waals surface area contributed by atoms with Gasteiger partial charge in [-0.1, -0.05) is 31.2 Å². The molecule has 0 radical (unpaired) electrons. The fourth-order valence-corrected chi connectivity index (χ4v) is 2.81. The van der Waals surface area contributed by atoms with Crippen LogP contribution in [0.2, 0.25) is 0 Å². The zero-order valence-electron chi connectivity index (χ0n) is 10.2. The lowest BCUT2D eigenvalue weighted by molar-refractivity contribution is 0.439. The van der Waals surface area contributed by atoms with Crippen molar-refractivity contribution in [2.45, 2.75) is 25.8 Å². The summed E-state index contributed by atoms with van der Waals surface area (Å²) in [5.74, 6) is 1.69. The summed E-state index contributed by atoms with van der Waals surface area (Å²) >= 11 is 0. The molecule has 3 heteroatoms. The standard InChI is InChI=1S/C14H19N3/c1-10-8-11-4-2-3-5-12(11)13(9-10)17-14-15-6-7-16-14/h2-5,10,13H,6-9H2,1H3,(H2,15,16,17). The van der Waals surface area contributed by atoms with E-state index < -0.39 is 0 Å². The predicted molar refractivity (Wildman–Crippen MR) is 70.1 cm³/mol. The molecule has 1 heterocycles. The minimum absolute atomic E-state index is 0.322. The Morgan fingerprint density at radius 2 is 1.94 bits per heavy atom. The lowest BCUT2D eigenvalue weighted by Crippen LogP contribution is -2.26. The zero-order valence-corrected chi connectivity index (χ0v) is 10.2. The van der Waals surface area contributed by atoms with Crippen LogP contribution in [-0.4, -0.2) is 19.0 Å². The Hall–Kier alpha value is -1.51. The zero-order chi connectivity index (χ0) is 11.7. The quantitative estimate of drug-likeness (QED) is 0.771. The lowest BCUT2D eigenvalue weighted by atomic mass is 9.82. The highest BCUT2D eigenvalue weighted by atomic mass is 15.2. The normalized spacial score (nSPS) is 27.0. The van der Waals surface area contributed by atoms with E-state index in [1.54, 1.807) is 0 Å². The SMILES string of the molecule is CC1Cc2ccccc2C(N=C2NCCN2)C1. The van der Waals surface area contributed by atoms with E-state index in [2.05, 4.69) is 41.8 Å². The van der Waals surface area contributed by atoms with Crippen molar-refractivity contribution in [3.8, 4) is 0 Å². The summed E-state index contributed by atoms with van der Waals surface area (Å²) in [6.45, 7) is 4.30. The number of guanidine groups is 1. The molecule has 0 aromatic heterocycles. The Kier molecular flexibility index (Phi) is 2.75. The maximum absolute atomic E-state index is 4.82. The number of aliphatic imine (C=N–C) groups is 1. The van der Waals surface area contributed by atoms with Gasteiger partial charge in [0.05, 0.1) is 6.04 Å². The molecule has 1 aliphatic carbocycles. The molecule has 90 valence electrons. The van der Waals surface area contributed by atoms with Crippen LogP contribution in [0.5, 0.6) is 0 Å². The average Bonchev–Trinajstić information content (AvgIpc) is 2.81. The van der Waals surface area contributed by atoms with Crippen LogP contribution >= 0.6 is 0 Å². The van der Waals surface area contributed by atoms with Gasteiger partial charge in [0, 0.05) is 13.1 Å². The van der Waals surface area contributed by atoms with Gasteiger partial charge < -0.3 is 10.6 Å². The third-order valence-electron chi connectivity index (χ3n) is 3.60. The number of benzene rings is 1. The van der Waals surface area contributed by atoms with Crippen LogP contribution < -0.4 is 10.6 Å². The Balaban J connectivity index is 1.92. The van der Waals surface area contributed by atoms with Crippen LogP contribution in [-0.2, 0) is 6.42 Å². The summed E-state index contributed by atoms with van der Waals surface area (Å²) in [7, 11) is 0. The first-order valence-electron chi connectivity index (χ1n) is 6.46. The highest BCUT2D eigenvalue weighted by molar-refractivity contribution is 5.81. The van der Waals surface area contributed by atoms with Gasteiger partial charge in [-0.3, -0.25) is 0 Å². The first-order valence-corrected chi connectivity index (χ1v) is 6.46. The summed E-state index contributed by atoms with van der Waals surface area (Å²) in [6, 6.07) is 9.05. The van der Waals surface area contributed by atoms with Crippen molar-refractivity contribution >= 4 is 5.96 Å². The lowest BCUT2D eigenvalue weighted by Gasteiger charge is -2.27. The molecule has 1 fully saturated rings. The smallest absolute Gasteiger partial charge is 0.192 e. The first kappa shape index (κ1) is 10.6. The van der Waals surface area contributed by atoms with Crippen LogP contribution in [0.1, 0.15) is 30.5 Å². The van der Waals surface area contributed by atoms with E-state index in [-0.39, 0.29) is 0 Å². The van der Waals surface area contributed by atoms with Gasteiger partial charge in [0.2, 0.25) is 0 Å². The van der Waals surface area contributed by atoms with Crippen molar-refractivity contribution in [2.24, 2.45) is 10.9 Å². The maximum Gasteiger partial charge on any atom is 0.192 e. The Bertz CT molecular complexity index is 431. The van der Waals surface area contributed by atoms with Gasteiger partial charge in [-0.25, -0.2) is 4.99 Å². The van der Waals surface area contributed by atoms with Crippen LogP contribution in [0.4, 0.5) is 0 Å². The molecule has 0 spiro atoms. The second-order valence-electron chi connectivity index (χ2n) is 5.09. The molecule has 1 aromatic rings. The van der Waals surface area contributed by atoms with E-state index >= 15 is 0 Å². The van der Waals surface area contributed by atoms with E-state index in [0.717, 1.165) is 31.4 Å². The van der Waals surface area contributed by atoms with Crippen molar-refractivity contribution in [2.75, 3.05) is 13.1 Å². The highest BCUT2D eigenvalue weighted by Crippen LogP contribution is 2.35. The molecule has 2 atom stereocenters.